The van der Waals surface area contributed by atoms with Crippen molar-refractivity contribution >= 4 is 21.5 Å². The molecule has 0 unspecified atom stereocenters. The molecule has 1 N–H and O–H groups in total. The van der Waals surface area contributed by atoms with Gasteiger partial charge in [0.1, 0.15) is 0 Å². The van der Waals surface area contributed by atoms with Crippen LogP contribution in [0.3, 0.4) is 0 Å². The number of fused-ring (bicyclic) bond motifs is 3. The largest absolute Gasteiger partial charge is 0.304 e. The maximum atomic E-state index is 3.71. The van der Waals surface area contributed by atoms with Crippen LogP contribution in [-0.4, -0.2) is 0 Å². The number of benzene rings is 4. The van der Waals surface area contributed by atoms with E-state index >= 15 is 0 Å². The van der Waals surface area contributed by atoms with E-state index in [2.05, 4.69) is 104 Å². The quantitative estimate of drug-likeness (QED) is 0.428. The first kappa shape index (κ1) is 15.9. The highest BCUT2D eigenvalue weighted by molar-refractivity contribution is 6.07. The van der Waals surface area contributed by atoms with Gasteiger partial charge >= 0.3 is 0 Å². The summed E-state index contributed by atoms with van der Waals surface area (Å²) in [5.74, 6) is 0. The van der Waals surface area contributed by atoms with Crippen LogP contribution in [0.25, 0.3) is 21.5 Å². The van der Waals surface area contributed by atoms with Crippen LogP contribution in [0.2, 0.25) is 0 Å². The summed E-state index contributed by atoms with van der Waals surface area (Å²) in [7, 11) is 0. The zero-order chi connectivity index (χ0) is 17.2. The van der Waals surface area contributed by atoms with E-state index in [9.17, 15) is 0 Å². The molecule has 0 heterocycles. The molecular formula is C24H23N. The summed E-state index contributed by atoms with van der Waals surface area (Å²) < 4.78 is 0. The summed E-state index contributed by atoms with van der Waals surface area (Å²) >= 11 is 0. The molecule has 0 aliphatic heterocycles. The van der Waals surface area contributed by atoms with Gasteiger partial charge in [-0.1, -0.05) is 78.9 Å². The molecule has 4 aromatic carbocycles. The van der Waals surface area contributed by atoms with Crippen molar-refractivity contribution in [1.29, 1.82) is 0 Å². The van der Waals surface area contributed by atoms with Gasteiger partial charge in [-0.2, -0.15) is 0 Å². The van der Waals surface area contributed by atoms with Gasteiger partial charge in [0, 0.05) is 12.1 Å². The van der Waals surface area contributed by atoms with Crippen LogP contribution in [0.4, 0.5) is 0 Å². The Balaban J connectivity index is 1.64. The lowest BCUT2D eigenvalue weighted by Gasteiger charge is -2.21. The Labute approximate surface area is 149 Å². The molecule has 4 rings (SSSR count). The summed E-state index contributed by atoms with van der Waals surface area (Å²) in [6, 6.07) is 31.1. The van der Waals surface area contributed by atoms with E-state index in [-0.39, 0.29) is 0 Å². The molecule has 0 aliphatic rings. The fraction of sp³-hybridized carbons (Fsp3) is 0.167. The summed E-state index contributed by atoms with van der Waals surface area (Å²) in [6.45, 7) is 4.46. The maximum absolute atomic E-state index is 3.71. The Morgan fingerprint density at radius 1 is 0.560 bits per heavy atom. The van der Waals surface area contributed by atoms with Gasteiger partial charge in [0.2, 0.25) is 0 Å². The van der Waals surface area contributed by atoms with Gasteiger partial charge in [0.15, 0.2) is 0 Å². The highest BCUT2D eigenvalue weighted by atomic mass is 14.9. The van der Waals surface area contributed by atoms with Crippen LogP contribution in [0.1, 0.15) is 37.1 Å². The van der Waals surface area contributed by atoms with Crippen molar-refractivity contribution in [3.63, 3.8) is 0 Å². The van der Waals surface area contributed by atoms with E-state index in [0.717, 1.165) is 0 Å². The molecule has 4 aromatic rings. The predicted octanol–water partition coefficient (Wildman–Crippen LogP) is 6.40. The molecule has 0 fully saturated rings. The van der Waals surface area contributed by atoms with Crippen molar-refractivity contribution in [3.05, 3.63) is 96.1 Å². The zero-order valence-corrected chi connectivity index (χ0v) is 14.7. The van der Waals surface area contributed by atoms with E-state index in [4.69, 9.17) is 0 Å². The minimum atomic E-state index is 0.297. The molecule has 0 saturated heterocycles. The SMILES string of the molecule is C[C@@H](N[C@H](C)c1ccc2c(ccc3ccccc32)c1)c1ccccc1. The monoisotopic (exact) mass is 325 g/mol. The number of rotatable bonds is 4. The van der Waals surface area contributed by atoms with Crippen LogP contribution in [0.5, 0.6) is 0 Å². The van der Waals surface area contributed by atoms with Gasteiger partial charge in [0.25, 0.3) is 0 Å². The zero-order valence-electron chi connectivity index (χ0n) is 14.7. The minimum absolute atomic E-state index is 0.297. The number of nitrogens with one attached hydrogen (secondary N) is 1. The molecule has 0 amide bonds. The summed E-state index contributed by atoms with van der Waals surface area (Å²) in [5, 5.41) is 8.96. The average molecular weight is 325 g/mol. The van der Waals surface area contributed by atoms with Crippen LogP contribution in [0.15, 0.2) is 84.9 Å². The number of hydrogen-bond acceptors (Lipinski definition) is 1. The Morgan fingerprint density at radius 2 is 1.20 bits per heavy atom. The van der Waals surface area contributed by atoms with E-state index in [1.807, 2.05) is 0 Å². The lowest BCUT2D eigenvalue weighted by molar-refractivity contribution is 0.495. The van der Waals surface area contributed by atoms with Crippen LogP contribution < -0.4 is 5.32 Å². The molecule has 25 heavy (non-hydrogen) atoms. The number of hydrogen-bond donors (Lipinski definition) is 1. The van der Waals surface area contributed by atoms with Crippen molar-refractivity contribution in [2.24, 2.45) is 0 Å². The van der Waals surface area contributed by atoms with Gasteiger partial charge in [-0.3, -0.25) is 0 Å². The van der Waals surface area contributed by atoms with Gasteiger partial charge in [-0.05, 0) is 52.6 Å². The van der Waals surface area contributed by atoms with Gasteiger partial charge in [0.05, 0.1) is 0 Å². The first-order valence-electron chi connectivity index (χ1n) is 8.95. The maximum Gasteiger partial charge on any atom is 0.0297 e. The van der Waals surface area contributed by atoms with Crippen molar-refractivity contribution in [2.45, 2.75) is 25.9 Å². The highest BCUT2D eigenvalue weighted by Crippen LogP contribution is 2.28. The molecule has 124 valence electrons. The van der Waals surface area contributed by atoms with E-state index in [1.54, 1.807) is 0 Å². The first-order valence-corrected chi connectivity index (χ1v) is 8.95. The molecule has 0 saturated carbocycles. The van der Waals surface area contributed by atoms with Crippen LogP contribution in [-0.2, 0) is 0 Å². The van der Waals surface area contributed by atoms with Crippen molar-refractivity contribution in [2.75, 3.05) is 0 Å². The third-order valence-electron chi connectivity index (χ3n) is 5.07. The Hall–Kier alpha value is -2.64. The predicted molar refractivity (Wildman–Crippen MR) is 108 cm³/mol. The molecule has 0 bridgehead atoms. The molecule has 1 heteroatoms. The Kier molecular flexibility index (Phi) is 4.25. The van der Waals surface area contributed by atoms with Crippen molar-refractivity contribution in [3.8, 4) is 0 Å². The summed E-state index contributed by atoms with van der Waals surface area (Å²) in [6.07, 6.45) is 0. The lowest BCUT2D eigenvalue weighted by Crippen LogP contribution is -2.22. The van der Waals surface area contributed by atoms with Gasteiger partial charge in [-0.15, -0.1) is 0 Å². The second-order valence-electron chi connectivity index (χ2n) is 6.79. The fourth-order valence-corrected chi connectivity index (χ4v) is 3.61. The molecule has 0 aliphatic carbocycles. The fourth-order valence-electron chi connectivity index (χ4n) is 3.61. The second kappa shape index (κ2) is 6.70. The Morgan fingerprint density at radius 3 is 2.04 bits per heavy atom. The average Bonchev–Trinajstić information content (AvgIpc) is 2.68. The van der Waals surface area contributed by atoms with Crippen LogP contribution >= 0.6 is 0 Å². The van der Waals surface area contributed by atoms with Crippen molar-refractivity contribution < 1.29 is 0 Å². The minimum Gasteiger partial charge on any atom is -0.304 e. The highest BCUT2D eigenvalue weighted by Gasteiger charge is 2.12. The summed E-state index contributed by atoms with van der Waals surface area (Å²) in [5.41, 5.74) is 2.65. The third-order valence-corrected chi connectivity index (χ3v) is 5.07. The van der Waals surface area contributed by atoms with E-state index < -0.39 is 0 Å². The van der Waals surface area contributed by atoms with E-state index in [1.165, 1.54) is 32.7 Å². The molecular weight excluding hydrogens is 302 g/mol. The summed E-state index contributed by atoms with van der Waals surface area (Å²) in [4.78, 5) is 0. The second-order valence-corrected chi connectivity index (χ2v) is 6.79. The molecule has 0 spiro atoms. The molecule has 0 radical (unpaired) electrons. The van der Waals surface area contributed by atoms with Crippen molar-refractivity contribution in [1.82, 2.24) is 5.32 Å². The topological polar surface area (TPSA) is 12.0 Å². The standard InChI is InChI=1S/C24H23N/c1-17(19-8-4-3-5-9-19)25-18(2)21-14-15-24-22(16-21)13-12-20-10-6-7-11-23(20)24/h3-18,25H,1-2H3/t17-,18-/m1/s1. The third kappa shape index (κ3) is 3.16. The van der Waals surface area contributed by atoms with E-state index in [0.29, 0.717) is 12.1 Å². The molecule has 0 aromatic heterocycles. The van der Waals surface area contributed by atoms with Gasteiger partial charge < -0.3 is 5.32 Å². The first-order chi connectivity index (χ1) is 12.2. The molecule has 1 nitrogen and oxygen atoms in total. The lowest BCUT2D eigenvalue weighted by atomic mass is 9.97. The van der Waals surface area contributed by atoms with Gasteiger partial charge in [-0.25, -0.2) is 0 Å². The molecule has 2 atom stereocenters. The smallest absolute Gasteiger partial charge is 0.0297 e. The Bertz CT molecular complexity index is 1000. The normalized spacial score (nSPS) is 13.8. The van der Waals surface area contributed by atoms with Crippen LogP contribution in [0, 0.1) is 0 Å².